The van der Waals surface area contributed by atoms with Crippen LogP contribution in [0, 0.1) is 0 Å². The standard InChI is InChI=1S/C15H9BrCl2O3/c16-10-2-5-13(9(7-10)1-6-15(19)20)21-14-8-11(17)3-4-12(14)18/h1-8H,(H,19,20)/b6-1+. The molecule has 0 aliphatic rings. The zero-order valence-corrected chi connectivity index (χ0v) is 13.6. The van der Waals surface area contributed by atoms with Crippen LogP contribution in [0.3, 0.4) is 0 Å². The highest BCUT2D eigenvalue weighted by molar-refractivity contribution is 9.10. The van der Waals surface area contributed by atoms with E-state index in [0.717, 1.165) is 10.5 Å². The third-order valence-electron chi connectivity index (χ3n) is 2.49. The predicted molar refractivity (Wildman–Crippen MR) is 87.3 cm³/mol. The van der Waals surface area contributed by atoms with Crippen molar-refractivity contribution in [2.75, 3.05) is 0 Å². The van der Waals surface area contributed by atoms with E-state index in [1.807, 2.05) is 0 Å². The van der Waals surface area contributed by atoms with Crippen molar-refractivity contribution in [1.82, 2.24) is 0 Å². The minimum Gasteiger partial charge on any atom is -0.478 e. The number of aliphatic carboxylic acids is 1. The highest BCUT2D eigenvalue weighted by Gasteiger charge is 2.08. The molecule has 6 heteroatoms. The summed E-state index contributed by atoms with van der Waals surface area (Å²) >= 11 is 15.3. The van der Waals surface area contributed by atoms with Gasteiger partial charge in [0.15, 0.2) is 0 Å². The molecule has 0 fully saturated rings. The molecule has 0 radical (unpaired) electrons. The number of benzene rings is 2. The number of ether oxygens (including phenoxy) is 1. The van der Waals surface area contributed by atoms with E-state index in [2.05, 4.69) is 15.9 Å². The molecule has 0 heterocycles. The molecule has 0 saturated heterocycles. The molecule has 0 aliphatic carbocycles. The van der Waals surface area contributed by atoms with Gasteiger partial charge in [-0.3, -0.25) is 0 Å². The van der Waals surface area contributed by atoms with E-state index in [1.165, 1.54) is 6.08 Å². The zero-order chi connectivity index (χ0) is 15.4. The number of carbonyl (C=O) groups is 1. The van der Waals surface area contributed by atoms with Crippen molar-refractivity contribution in [2.24, 2.45) is 0 Å². The largest absolute Gasteiger partial charge is 0.478 e. The molecule has 2 aromatic carbocycles. The molecule has 2 aromatic rings. The molecule has 21 heavy (non-hydrogen) atoms. The summed E-state index contributed by atoms with van der Waals surface area (Å²) in [5, 5.41) is 9.63. The number of halogens is 3. The number of carboxylic acid groups (broad SMARTS) is 1. The lowest BCUT2D eigenvalue weighted by Gasteiger charge is -2.11. The van der Waals surface area contributed by atoms with Gasteiger partial charge in [0.05, 0.1) is 5.02 Å². The number of carboxylic acids is 1. The Labute approximate surface area is 139 Å². The van der Waals surface area contributed by atoms with Crippen LogP contribution in [0.15, 0.2) is 46.9 Å². The van der Waals surface area contributed by atoms with E-state index in [-0.39, 0.29) is 0 Å². The Bertz CT molecular complexity index is 714. The van der Waals surface area contributed by atoms with Crippen molar-refractivity contribution in [2.45, 2.75) is 0 Å². The van der Waals surface area contributed by atoms with Crippen molar-refractivity contribution in [1.29, 1.82) is 0 Å². The fourth-order valence-corrected chi connectivity index (χ4v) is 2.27. The smallest absolute Gasteiger partial charge is 0.328 e. The van der Waals surface area contributed by atoms with Crippen LogP contribution in [0.2, 0.25) is 10.0 Å². The van der Waals surface area contributed by atoms with Gasteiger partial charge in [-0.1, -0.05) is 39.1 Å². The molecule has 3 nitrogen and oxygen atoms in total. The molecule has 0 aliphatic heterocycles. The molecule has 0 spiro atoms. The summed E-state index contributed by atoms with van der Waals surface area (Å²) in [4.78, 5) is 10.6. The maximum Gasteiger partial charge on any atom is 0.328 e. The molecular weight excluding hydrogens is 379 g/mol. The summed E-state index contributed by atoms with van der Waals surface area (Å²) in [6.45, 7) is 0. The first-order valence-corrected chi connectivity index (χ1v) is 7.34. The van der Waals surface area contributed by atoms with Crippen molar-refractivity contribution in [3.05, 3.63) is 62.6 Å². The zero-order valence-electron chi connectivity index (χ0n) is 10.5. The minimum atomic E-state index is -1.04. The lowest BCUT2D eigenvalue weighted by Crippen LogP contribution is -1.90. The van der Waals surface area contributed by atoms with Crippen LogP contribution in [-0.4, -0.2) is 11.1 Å². The van der Waals surface area contributed by atoms with Crippen LogP contribution in [0.25, 0.3) is 6.08 Å². The second-order valence-corrected chi connectivity index (χ2v) is 5.79. The van der Waals surface area contributed by atoms with Gasteiger partial charge in [0.2, 0.25) is 0 Å². The van der Waals surface area contributed by atoms with Crippen LogP contribution >= 0.6 is 39.1 Å². The Kier molecular flexibility index (Phi) is 5.28. The molecule has 0 saturated carbocycles. The molecule has 0 aromatic heterocycles. The molecule has 0 bridgehead atoms. The molecular formula is C15H9BrCl2O3. The van der Waals surface area contributed by atoms with Gasteiger partial charge in [0.1, 0.15) is 11.5 Å². The SMILES string of the molecule is O=C(O)/C=C/c1cc(Br)ccc1Oc1cc(Cl)ccc1Cl. The lowest BCUT2D eigenvalue weighted by molar-refractivity contribution is -0.131. The summed E-state index contributed by atoms with van der Waals surface area (Å²) in [6, 6.07) is 10.1. The fraction of sp³-hybridized carbons (Fsp3) is 0. The van der Waals surface area contributed by atoms with Gasteiger partial charge in [-0.25, -0.2) is 4.79 Å². The van der Waals surface area contributed by atoms with Crippen LogP contribution in [0.5, 0.6) is 11.5 Å². The number of rotatable bonds is 4. The first kappa shape index (κ1) is 15.9. The Balaban J connectivity index is 2.39. The van der Waals surface area contributed by atoms with Crippen LogP contribution in [0.4, 0.5) is 0 Å². The Hall–Kier alpha value is -1.49. The quantitative estimate of drug-likeness (QED) is 0.690. The summed E-state index contributed by atoms with van der Waals surface area (Å²) in [5.74, 6) is -0.168. The van der Waals surface area contributed by atoms with Gasteiger partial charge in [0.25, 0.3) is 0 Å². The second kappa shape index (κ2) is 6.98. The average Bonchev–Trinajstić information content (AvgIpc) is 2.43. The monoisotopic (exact) mass is 386 g/mol. The van der Waals surface area contributed by atoms with Crippen molar-refractivity contribution in [3.8, 4) is 11.5 Å². The fourth-order valence-electron chi connectivity index (χ4n) is 1.58. The highest BCUT2D eigenvalue weighted by Crippen LogP contribution is 2.34. The molecule has 0 atom stereocenters. The van der Waals surface area contributed by atoms with Crippen molar-refractivity contribution >= 4 is 51.2 Å². The maximum atomic E-state index is 10.6. The first-order valence-electron chi connectivity index (χ1n) is 5.79. The topological polar surface area (TPSA) is 46.5 Å². The minimum absolute atomic E-state index is 0.400. The van der Waals surface area contributed by atoms with E-state index in [1.54, 1.807) is 36.4 Å². The average molecular weight is 388 g/mol. The Morgan fingerprint density at radius 3 is 2.62 bits per heavy atom. The van der Waals surface area contributed by atoms with Crippen LogP contribution in [0.1, 0.15) is 5.56 Å². The molecule has 108 valence electrons. The molecule has 1 N–H and O–H groups in total. The summed E-state index contributed by atoms with van der Waals surface area (Å²) < 4.78 is 6.53. The number of hydrogen-bond donors (Lipinski definition) is 1. The van der Waals surface area contributed by atoms with E-state index in [4.69, 9.17) is 33.0 Å². The molecule has 2 rings (SSSR count). The molecule has 0 amide bonds. The normalized spacial score (nSPS) is 10.8. The predicted octanol–water partition coefficient (Wildman–Crippen LogP) is 5.65. The third-order valence-corrected chi connectivity index (χ3v) is 3.53. The van der Waals surface area contributed by atoms with E-state index < -0.39 is 5.97 Å². The summed E-state index contributed by atoms with van der Waals surface area (Å²) in [6.07, 6.45) is 2.48. The third kappa shape index (κ3) is 4.49. The van der Waals surface area contributed by atoms with Gasteiger partial charge in [-0.2, -0.15) is 0 Å². The van der Waals surface area contributed by atoms with Crippen molar-refractivity contribution in [3.63, 3.8) is 0 Å². The van der Waals surface area contributed by atoms with Gasteiger partial charge in [-0.05, 0) is 36.4 Å². The Morgan fingerprint density at radius 2 is 1.90 bits per heavy atom. The van der Waals surface area contributed by atoms with E-state index >= 15 is 0 Å². The maximum absolute atomic E-state index is 10.6. The number of hydrogen-bond acceptors (Lipinski definition) is 2. The highest BCUT2D eigenvalue weighted by atomic mass is 79.9. The second-order valence-electron chi connectivity index (χ2n) is 4.03. The van der Waals surface area contributed by atoms with Gasteiger partial charge in [-0.15, -0.1) is 0 Å². The van der Waals surface area contributed by atoms with E-state index in [0.29, 0.717) is 27.1 Å². The Morgan fingerprint density at radius 1 is 1.14 bits per heavy atom. The van der Waals surface area contributed by atoms with E-state index in [9.17, 15) is 4.79 Å². The lowest BCUT2D eigenvalue weighted by atomic mass is 10.2. The summed E-state index contributed by atoms with van der Waals surface area (Å²) in [5.41, 5.74) is 0.600. The van der Waals surface area contributed by atoms with Gasteiger partial charge in [0, 0.05) is 27.2 Å². The molecule has 0 unspecified atom stereocenters. The van der Waals surface area contributed by atoms with Gasteiger partial charge >= 0.3 is 5.97 Å². The summed E-state index contributed by atoms with van der Waals surface area (Å²) in [7, 11) is 0. The van der Waals surface area contributed by atoms with Crippen LogP contribution in [-0.2, 0) is 4.79 Å². The van der Waals surface area contributed by atoms with Gasteiger partial charge < -0.3 is 9.84 Å². The van der Waals surface area contributed by atoms with Crippen LogP contribution < -0.4 is 4.74 Å². The van der Waals surface area contributed by atoms with Crippen molar-refractivity contribution < 1.29 is 14.6 Å². The first-order chi connectivity index (χ1) is 9.95.